The number of aromatic nitrogens is 4. The Labute approximate surface area is 456 Å². The number of piperazine rings is 2. The molecule has 1 aromatic heterocycles. The van der Waals surface area contributed by atoms with Crippen molar-refractivity contribution in [3.8, 4) is 46.5 Å². The molecule has 0 spiro atoms. The van der Waals surface area contributed by atoms with Crippen molar-refractivity contribution in [3.63, 3.8) is 0 Å². The third kappa shape index (κ3) is 16.0. The molecule has 7 rings (SSSR count). The Morgan fingerprint density at radius 3 is 1.47 bits per heavy atom. The molecule has 2 fully saturated rings. The lowest BCUT2D eigenvalue weighted by atomic mass is 10.1. The largest absolute Gasteiger partial charge is 0.456 e. The number of tetrazole rings is 1. The van der Waals surface area contributed by atoms with E-state index in [1.165, 1.54) is 47.4 Å². The maximum Gasteiger partial charge on any atom is 0.410 e. The molecular weight excluding hydrogens is 1040 g/mol. The van der Waals surface area contributed by atoms with E-state index in [1.807, 2.05) is 58.0 Å². The molecule has 0 bridgehead atoms. The molecule has 3 amide bonds. The van der Waals surface area contributed by atoms with Crippen molar-refractivity contribution in [1.29, 1.82) is 10.5 Å². The lowest BCUT2D eigenvalue weighted by Gasteiger charge is -2.35. The molecule has 0 aliphatic carbocycles. The predicted octanol–water partition coefficient (Wildman–Crippen LogP) is 7.88. The summed E-state index contributed by atoms with van der Waals surface area (Å²) in [6.45, 7) is 19.8. The van der Waals surface area contributed by atoms with Crippen LogP contribution in [-0.2, 0) is 36.1 Å². The smallest absolute Gasteiger partial charge is 0.410 e. The Bertz CT molecular complexity index is 3260. The molecule has 0 saturated carbocycles. The zero-order chi connectivity index (χ0) is 57.2. The second-order valence-electron chi connectivity index (χ2n) is 20.7. The first-order valence-corrected chi connectivity index (χ1v) is 28.1. The first-order chi connectivity index (χ1) is 36.7. The van der Waals surface area contributed by atoms with Crippen LogP contribution >= 0.6 is 0 Å². The molecule has 4 aromatic carbocycles. The number of nitrogens with one attached hydrogen (secondary N) is 1. The molecule has 2 saturated heterocycles. The topological polar surface area (TPSA) is 273 Å². The van der Waals surface area contributed by atoms with Crippen LogP contribution in [0.5, 0.6) is 23.0 Å². The van der Waals surface area contributed by atoms with E-state index in [2.05, 4.69) is 26.9 Å². The molecule has 0 atom stereocenters. The van der Waals surface area contributed by atoms with Gasteiger partial charge in [-0.1, -0.05) is 12.1 Å². The van der Waals surface area contributed by atoms with Crippen LogP contribution in [-0.4, -0.2) is 144 Å². The van der Waals surface area contributed by atoms with Crippen LogP contribution in [0.25, 0.3) is 11.4 Å². The van der Waals surface area contributed by atoms with Crippen LogP contribution < -0.4 is 14.8 Å². The summed E-state index contributed by atoms with van der Waals surface area (Å²) in [5.41, 5.74) is 3.14. The van der Waals surface area contributed by atoms with E-state index in [0.29, 0.717) is 22.9 Å². The standard InChI is InChI=1S/C27H33N7O5S.C27H34N4O6S/c1-19-15-20(2)17-22(16-19)38-23-8-7-21(25-29-30-31-34(25)10-6-9-28)18-24(23)40(36,37)33-13-11-32(12-14-33)26(35)39-27(3,4)5;1-19-15-20(2)17-22(16-19)36-23-8-7-21(25(32)29-10-6-9-28)18-24(23)38(34,35)31-13-11-30(12-14-31)26(33)37-27(3,4)5/h7-8,15-18H,6,10-14H2,1-5H3;7-8,15-18H,6,10-14H2,1-5H3,(H,29,32). The van der Waals surface area contributed by atoms with E-state index in [1.54, 1.807) is 65.8 Å². The maximum atomic E-state index is 14.0. The molecule has 416 valence electrons. The Kier molecular flexibility index (Phi) is 19.3. The summed E-state index contributed by atoms with van der Waals surface area (Å²) >= 11 is 0. The van der Waals surface area contributed by atoms with Crippen molar-refractivity contribution in [3.05, 3.63) is 101 Å². The van der Waals surface area contributed by atoms with Gasteiger partial charge >= 0.3 is 12.2 Å². The summed E-state index contributed by atoms with van der Waals surface area (Å²) in [5, 5.41) is 32.0. The number of amides is 3. The highest BCUT2D eigenvalue weighted by Crippen LogP contribution is 2.37. The van der Waals surface area contributed by atoms with Crippen molar-refractivity contribution < 1.29 is 50.2 Å². The Morgan fingerprint density at radius 1 is 0.603 bits per heavy atom. The fraction of sp³-hybridized carbons (Fsp3) is 0.444. The van der Waals surface area contributed by atoms with Crippen LogP contribution in [0, 0.1) is 50.4 Å². The number of carbonyl (C=O) groups is 3. The zero-order valence-electron chi connectivity index (χ0n) is 45.7. The van der Waals surface area contributed by atoms with Crippen LogP contribution in [0.3, 0.4) is 0 Å². The van der Waals surface area contributed by atoms with Crippen molar-refractivity contribution in [2.75, 3.05) is 58.9 Å². The van der Waals surface area contributed by atoms with Gasteiger partial charge in [-0.2, -0.15) is 19.1 Å². The van der Waals surface area contributed by atoms with Gasteiger partial charge in [-0.05, 0) is 163 Å². The lowest BCUT2D eigenvalue weighted by Crippen LogP contribution is -2.51. The van der Waals surface area contributed by atoms with Gasteiger partial charge in [-0.3, -0.25) is 4.79 Å². The predicted molar refractivity (Wildman–Crippen MR) is 288 cm³/mol. The van der Waals surface area contributed by atoms with Gasteiger partial charge in [0.1, 0.15) is 44.0 Å². The average Bonchev–Trinajstić information content (AvgIpc) is 3.88. The molecule has 24 heteroatoms. The Hall–Kier alpha value is -7.64. The van der Waals surface area contributed by atoms with Gasteiger partial charge in [0.25, 0.3) is 5.91 Å². The van der Waals surface area contributed by atoms with Gasteiger partial charge in [0.2, 0.25) is 20.0 Å². The van der Waals surface area contributed by atoms with E-state index in [9.17, 15) is 31.2 Å². The summed E-state index contributed by atoms with van der Waals surface area (Å²) in [4.78, 5) is 40.4. The minimum absolute atomic E-state index is 0.0512. The highest BCUT2D eigenvalue weighted by Gasteiger charge is 2.36. The SMILES string of the molecule is Cc1cc(C)cc(Oc2ccc(-c3nnnn3CCC#N)cc2S(=O)(=O)N2CCN(C(=O)OC(C)(C)C)CC2)c1.Cc1cc(C)cc(Oc2ccc(C(=O)NCCC#N)cc2S(=O)(=O)N2CCN(C(=O)OC(C)(C)C)CC2)c1. The summed E-state index contributed by atoms with van der Waals surface area (Å²) in [6, 6.07) is 24.2. The van der Waals surface area contributed by atoms with Crippen LogP contribution in [0.2, 0.25) is 0 Å². The van der Waals surface area contributed by atoms with E-state index >= 15 is 0 Å². The van der Waals surface area contributed by atoms with E-state index in [4.69, 9.17) is 29.5 Å². The zero-order valence-corrected chi connectivity index (χ0v) is 47.3. The molecule has 2 aliphatic rings. The molecule has 0 unspecified atom stereocenters. The van der Waals surface area contributed by atoms with Crippen molar-refractivity contribution >= 4 is 38.1 Å². The fourth-order valence-corrected chi connectivity index (χ4v) is 11.4. The number of carbonyl (C=O) groups excluding carboxylic acids is 3. The molecular formula is C54H67N11O11S2. The van der Waals surface area contributed by atoms with E-state index in [0.717, 1.165) is 22.3 Å². The highest BCUT2D eigenvalue weighted by atomic mass is 32.2. The summed E-state index contributed by atoms with van der Waals surface area (Å²) < 4.78 is 82.7. The summed E-state index contributed by atoms with van der Waals surface area (Å²) in [7, 11) is -8.16. The Morgan fingerprint density at radius 2 is 1.04 bits per heavy atom. The molecule has 0 radical (unpaired) electrons. The number of nitrogens with zero attached hydrogens (tertiary/aromatic N) is 10. The van der Waals surface area contributed by atoms with Gasteiger partial charge in [0, 0.05) is 70.0 Å². The number of nitriles is 2. The van der Waals surface area contributed by atoms with Gasteiger partial charge in [0.15, 0.2) is 5.82 Å². The molecule has 1 N–H and O–H groups in total. The summed E-state index contributed by atoms with van der Waals surface area (Å²) in [5.74, 6) is 1.05. The monoisotopic (exact) mass is 1110 g/mol. The number of sulfonamides is 2. The molecule has 78 heavy (non-hydrogen) atoms. The normalized spacial score (nSPS) is 14.5. The first kappa shape index (κ1) is 59.6. The molecule has 3 heterocycles. The lowest BCUT2D eigenvalue weighted by molar-refractivity contribution is 0.0183. The van der Waals surface area contributed by atoms with Crippen LogP contribution in [0.1, 0.15) is 87.0 Å². The Balaban J connectivity index is 0.000000253. The maximum absolute atomic E-state index is 14.0. The number of hydrogen-bond acceptors (Lipinski definition) is 16. The number of ether oxygens (including phenoxy) is 4. The number of rotatable bonds is 14. The first-order valence-electron chi connectivity index (χ1n) is 25.2. The molecule has 5 aromatic rings. The van der Waals surface area contributed by atoms with Crippen LogP contribution in [0.4, 0.5) is 9.59 Å². The highest BCUT2D eigenvalue weighted by molar-refractivity contribution is 7.89. The molecule has 2 aliphatic heterocycles. The van der Waals surface area contributed by atoms with E-state index < -0.39 is 49.3 Å². The average molecular weight is 1110 g/mol. The van der Waals surface area contributed by atoms with Crippen molar-refractivity contribution in [2.24, 2.45) is 0 Å². The van der Waals surface area contributed by atoms with Crippen molar-refractivity contribution in [1.82, 2.24) is 43.9 Å². The van der Waals surface area contributed by atoms with Gasteiger partial charge < -0.3 is 34.1 Å². The fourth-order valence-electron chi connectivity index (χ4n) is 8.31. The second-order valence-corrected chi connectivity index (χ2v) is 24.5. The second kappa shape index (κ2) is 25.2. The van der Waals surface area contributed by atoms with Gasteiger partial charge in [-0.15, -0.1) is 5.10 Å². The van der Waals surface area contributed by atoms with Gasteiger partial charge in [-0.25, -0.2) is 31.1 Å². The van der Waals surface area contributed by atoms with Gasteiger partial charge in [0.05, 0.1) is 31.5 Å². The number of aryl methyl sites for hydroxylation is 5. The number of benzene rings is 4. The quantitative estimate of drug-likeness (QED) is 0.104. The minimum Gasteiger partial charge on any atom is -0.456 e. The van der Waals surface area contributed by atoms with Crippen molar-refractivity contribution in [2.45, 2.75) is 110 Å². The minimum atomic E-state index is -4.10. The van der Waals surface area contributed by atoms with Crippen LogP contribution in [0.15, 0.2) is 82.6 Å². The molecule has 22 nitrogen and oxygen atoms in total. The third-order valence-electron chi connectivity index (χ3n) is 11.8. The summed E-state index contributed by atoms with van der Waals surface area (Å²) in [6.07, 6.45) is -0.648. The number of hydrogen-bond donors (Lipinski definition) is 1. The van der Waals surface area contributed by atoms with E-state index in [-0.39, 0.29) is 105 Å². The third-order valence-corrected chi connectivity index (χ3v) is 15.6.